The molecule has 3 aromatic rings. The molecule has 0 saturated carbocycles. The number of aromatic nitrogens is 3. The molecule has 0 amide bonds. The number of nitrogen functional groups attached to an aromatic ring is 1. The minimum atomic E-state index is -0.620. The van der Waals surface area contributed by atoms with Gasteiger partial charge >= 0.3 is 6.01 Å². The third-order valence-corrected chi connectivity index (χ3v) is 2.99. The third kappa shape index (κ3) is 3.43. The standard InChI is InChI=1S/C16H13FN6O/c17-11-9-10(23-15(19)14-12(18)3-1-6-20-14)4-5-13(11)24-16-21-7-2-8-22-16/h1-9H,18H2,(H2,19,23). The lowest BCUT2D eigenvalue weighted by molar-refractivity contribution is 0.411. The average molecular weight is 324 g/mol. The highest BCUT2D eigenvalue weighted by molar-refractivity contribution is 6.01. The zero-order valence-corrected chi connectivity index (χ0v) is 12.4. The number of hydrogen-bond acceptors (Lipinski definition) is 6. The highest BCUT2D eigenvalue weighted by Gasteiger charge is 2.09. The van der Waals surface area contributed by atoms with Gasteiger partial charge in [-0.05, 0) is 30.3 Å². The number of nitrogens with two attached hydrogens (primary N) is 2. The molecule has 1 aromatic carbocycles. The quantitative estimate of drug-likeness (QED) is 0.563. The number of pyridine rings is 1. The highest BCUT2D eigenvalue weighted by Crippen LogP contribution is 2.26. The van der Waals surface area contributed by atoms with Crippen LogP contribution in [0.3, 0.4) is 0 Å². The van der Waals surface area contributed by atoms with Crippen molar-refractivity contribution in [3.05, 3.63) is 66.5 Å². The Kier molecular flexibility index (Phi) is 4.28. The lowest BCUT2D eigenvalue weighted by Gasteiger charge is -2.06. The van der Waals surface area contributed by atoms with E-state index in [2.05, 4.69) is 19.9 Å². The van der Waals surface area contributed by atoms with Crippen molar-refractivity contribution >= 4 is 17.2 Å². The van der Waals surface area contributed by atoms with Gasteiger partial charge in [0, 0.05) is 24.7 Å². The van der Waals surface area contributed by atoms with Crippen LogP contribution in [0.1, 0.15) is 5.69 Å². The molecule has 0 aliphatic rings. The van der Waals surface area contributed by atoms with Gasteiger partial charge in [-0.1, -0.05) is 0 Å². The van der Waals surface area contributed by atoms with Gasteiger partial charge in [0.25, 0.3) is 0 Å². The Balaban J connectivity index is 1.84. The van der Waals surface area contributed by atoms with Gasteiger partial charge in [0.1, 0.15) is 5.69 Å². The summed E-state index contributed by atoms with van der Waals surface area (Å²) in [5, 5.41) is 0. The van der Waals surface area contributed by atoms with Crippen molar-refractivity contribution in [3.63, 3.8) is 0 Å². The molecule has 0 fully saturated rings. The van der Waals surface area contributed by atoms with Gasteiger partial charge in [0.2, 0.25) is 0 Å². The lowest BCUT2D eigenvalue weighted by Crippen LogP contribution is -2.16. The van der Waals surface area contributed by atoms with Crippen LogP contribution in [0.15, 0.2) is 60.0 Å². The van der Waals surface area contributed by atoms with Crippen molar-refractivity contribution in [1.29, 1.82) is 0 Å². The monoisotopic (exact) mass is 324 g/mol. The molecule has 120 valence electrons. The van der Waals surface area contributed by atoms with E-state index in [4.69, 9.17) is 16.2 Å². The Morgan fingerprint density at radius 1 is 1.04 bits per heavy atom. The normalized spacial score (nSPS) is 11.3. The molecule has 4 N–H and O–H groups in total. The van der Waals surface area contributed by atoms with Gasteiger partial charge in [0.15, 0.2) is 17.4 Å². The first-order valence-corrected chi connectivity index (χ1v) is 6.93. The minimum Gasteiger partial charge on any atom is -0.421 e. The molecule has 0 unspecified atom stereocenters. The molecule has 3 rings (SSSR count). The van der Waals surface area contributed by atoms with Crippen LogP contribution in [0.25, 0.3) is 0 Å². The van der Waals surface area contributed by atoms with Crippen LogP contribution in [-0.2, 0) is 0 Å². The summed E-state index contributed by atoms with van der Waals surface area (Å²) in [4.78, 5) is 15.9. The second-order valence-corrected chi connectivity index (χ2v) is 4.69. The van der Waals surface area contributed by atoms with Crippen LogP contribution in [0, 0.1) is 5.82 Å². The number of ether oxygens (including phenoxy) is 1. The van der Waals surface area contributed by atoms with Gasteiger partial charge in [0.05, 0.1) is 11.4 Å². The third-order valence-electron chi connectivity index (χ3n) is 2.99. The second kappa shape index (κ2) is 6.69. The summed E-state index contributed by atoms with van der Waals surface area (Å²) in [6.45, 7) is 0. The summed E-state index contributed by atoms with van der Waals surface area (Å²) >= 11 is 0. The number of benzene rings is 1. The molecular formula is C16H13FN6O. The van der Waals surface area contributed by atoms with Crippen molar-refractivity contribution in [2.75, 3.05) is 5.73 Å². The molecule has 2 aromatic heterocycles. The van der Waals surface area contributed by atoms with E-state index in [1.165, 1.54) is 24.5 Å². The number of amidine groups is 1. The molecule has 0 radical (unpaired) electrons. The molecule has 0 aliphatic heterocycles. The van der Waals surface area contributed by atoms with Gasteiger partial charge < -0.3 is 16.2 Å². The van der Waals surface area contributed by atoms with E-state index in [-0.39, 0.29) is 17.6 Å². The molecule has 8 heteroatoms. The maximum absolute atomic E-state index is 14.1. The second-order valence-electron chi connectivity index (χ2n) is 4.69. The van der Waals surface area contributed by atoms with Gasteiger partial charge in [-0.2, -0.15) is 0 Å². The van der Waals surface area contributed by atoms with E-state index in [0.29, 0.717) is 17.1 Å². The average Bonchev–Trinajstić information content (AvgIpc) is 2.58. The van der Waals surface area contributed by atoms with E-state index < -0.39 is 5.82 Å². The summed E-state index contributed by atoms with van der Waals surface area (Å²) in [5.41, 5.74) is 12.7. The summed E-state index contributed by atoms with van der Waals surface area (Å²) in [7, 11) is 0. The first kappa shape index (κ1) is 15.3. The zero-order valence-electron chi connectivity index (χ0n) is 12.4. The van der Waals surface area contributed by atoms with Crippen molar-refractivity contribution in [2.24, 2.45) is 10.7 Å². The fraction of sp³-hybridized carbons (Fsp3) is 0. The maximum Gasteiger partial charge on any atom is 0.321 e. The van der Waals surface area contributed by atoms with E-state index in [0.717, 1.165) is 0 Å². The fourth-order valence-electron chi connectivity index (χ4n) is 1.90. The smallest absolute Gasteiger partial charge is 0.321 e. The largest absolute Gasteiger partial charge is 0.421 e. The zero-order chi connectivity index (χ0) is 16.9. The minimum absolute atomic E-state index is 0.0175. The Labute approximate surface area is 136 Å². The van der Waals surface area contributed by atoms with E-state index in [9.17, 15) is 4.39 Å². The predicted molar refractivity (Wildman–Crippen MR) is 87.5 cm³/mol. The predicted octanol–water partition coefficient (Wildman–Crippen LogP) is 2.42. The summed E-state index contributed by atoms with van der Waals surface area (Å²) in [6, 6.07) is 9.17. The number of halogens is 1. The molecule has 2 heterocycles. The number of nitrogens with zero attached hydrogens (tertiary/aromatic N) is 4. The number of rotatable bonds is 4. The molecule has 0 saturated heterocycles. The first-order valence-electron chi connectivity index (χ1n) is 6.93. The summed E-state index contributed by atoms with van der Waals surface area (Å²) in [5.74, 6) is -0.547. The number of anilines is 1. The van der Waals surface area contributed by atoms with Crippen molar-refractivity contribution in [3.8, 4) is 11.8 Å². The summed E-state index contributed by atoms with van der Waals surface area (Å²) in [6.07, 6.45) is 4.54. The van der Waals surface area contributed by atoms with Crippen molar-refractivity contribution < 1.29 is 9.13 Å². The Morgan fingerprint density at radius 2 is 1.79 bits per heavy atom. The van der Waals surface area contributed by atoms with Crippen LogP contribution in [0.5, 0.6) is 11.8 Å². The molecule has 0 bridgehead atoms. The van der Waals surface area contributed by atoms with Gasteiger partial charge in [-0.3, -0.25) is 4.98 Å². The molecular weight excluding hydrogens is 311 g/mol. The first-order chi connectivity index (χ1) is 11.6. The lowest BCUT2D eigenvalue weighted by atomic mass is 10.2. The Bertz CT molecular complexity index is 885. The fourth-order valence-corrected chi connectivity index (χ4v) is 1.90. The highest BCUT2D eigenvalue weighted by atomic mass is 19.1. The van der Waals surface area contributed by atoms with Crippen LogP contribution < -0.4 is 16.2 Å². The molecule has 7 nitrogen and oxygen atoms in total. The Hall–Kier alpha value is -3.55. The van der Waals surface area contributed by atoms with E-state index >= 15 is 0 Å². The van der Waals surface area contributed by atoms with E-state index in [1.807, 2.05) is 0 Å². The maximum atomic E-state index is 14.1. The van der Waals surface area contributed by atoms with Crippen molar-refractivity contribution in [2.45, 2.75) is 0 Å². The molecule has 0 aliphatic carbocycles. The molecule has 0 spiro atoms. The van der Waals surface area contributed by atoms with Crippen LogP contribution >= 0.6 is 0 Å². The van der Waals surface area contributed by atoms with E-state index in [1.54, 1.807) is 30.5 Å². The SMILES string of the molecule is NC(=Nc1ccc(Oc2ncccn2)c(F)c1)c1ncccc1N. The summed E-state index contributed by atoms with van der Waals surface area (Å²) < 4.78 is 19.4. The number of aliphatic imine (C=N–C) groups is 1. The number of hydrogen-bond donors (Lipinski definition) is 2. The van der Waals surface area contributed by atoms with Crippen LogP contribution in [0.2, 0.25) is 0 Å². The van der Waals surface area contributed by atoms with Crippen LogP contribution in [-0.4, -0.2) is 20.8 Å². The van der Waals surface area contributed by atoms with Crippen molar-refractivity contribution in [1.82, 2.24) is 15.0 Å². The Morgan fingerprint density at radius 3 is 2.50 bits per heavy atom. The molecule has 24 heavy (non-hydrogen) atoms. The van der Waals surface area contributed by atoms with Crippen LogP contribution in [0.4, 0.5) is 15.8 Å². The topological polar surface area (TPSA) is 112 Å². The van der Waals surface area contributed by atoms with Gasteiger partial charge in [-0.25, -0.2) is 19.4 Å². The molecule has 0 atom stereocenters. The van der Waals surface area contributed by atoms with Gasteiger partial charge in [-0.15, -0.1) is 0 Å².